The van der Waals surface area contributed by atoms with Crippen LogP contribution in [0.5, 0.6) is 0 Å². The summed E-state index contributed by atoms with van der Waals surface area (Å²) in [5.74, 6) is -0.181. The molecule has 0 saturated carbocycles. The summed E-state index contributed by atoms with van der Waals surface area (Å²) >= 11 is 0. The van der Waals surface area contributed by atoms with Gasteiger partial charge < -0.3 is 5.32 Å². The van der Waals surface area contributed by atoms with Gasteiger partial charge in [-0.05, 0) is 37.6 Å². The maximum Gasteiger partial charge on any atom is 0.123 e. The minimum absolute atomic E-state index is 0.181. The maximum atomic E-state index is 12.9. The fourth-order valence-electron chi connectivity index (χ4n) is 1.30. The second-order valence-corrected chi connectivity index (χ2v) is 3.31. The Bertz CT molecular complexity index is 296. The Kier molecular flexibility index (Phi) is 4.33. The van der Waals surface area contributed by atoms with Crippen LogP contribution in [0.25, 0.3) is 0 Å². The van der Waals surface area contributed by atoms with Gasteiger partial charge in [0.2, 0.25) is 0 Å². The standard InChI is InChI=1S/C12H16FN/c1-3-4-8-14-10(2)11-6-5-7-12(13)9-11/h3,5-7,9-10,14H,1,4,8H2,2H3/t10-/m0/s1. The van der Waals surface area contributed by atoms with E-state index in [0.717, 1.165) is 18.5 Å². The third-order valence-corrected chi connectivity index (χ3v) is 2.15. The molecule has 0 aliphatic rings. The van der Waals surface area contributed by atoms with Crippen LogP contribution in [0.1, 0.15) is 24.9 Å². The zero-order chi connectivity index (χ0) is 10.4. The molecule has 0 fully saturated rings. The van der Waals surface area contributed by atoms with E-state index < -0.39 is 0 Å². The molecule has 76 valence electrons. The van der Waals surface area contributed by atoms with E-state index in [1.807, 2.05) is 19.1 Å². The Balaban J connectivity index is 2.51. The minimum Gasteiger partial charge on any atom is -0.310 e. The molecule has 1 aromatic rings. The highest BCUT2D eigenvalue weighted by molar-refractivity contribution is 5.19. The van der Waals surface area contributed by atoms with Crippen LogP contribution >= 0.6 is 0 Å². The second-order valence-electron chi connectivity index (χ2n) is 3.31. The molecular weight excluding hydrogens is 177 g/mol. The van der Waals surface area contributed by atoms with Gasteiger partial charge in [0.1, 0.15) is 5.82 Å². The van der Waals surface area contributed by atoms with Gasteiger partial charge in [-0.2, -0.15) is 0 Å². The van der Waals surface area contributed by atoms with Gasteiger partial charge in [0, 0.05) is 6.04 Å². The van der Waals surface area contributed by atoms with Crippen molar-refractivity contribution >= 4 is 0 Å². The summed E-state index contributed by atoms with van der Waals surface area (Å²) in [6.07, 6.45) is 2.80. The fraction of sp³-hybridized carbons (Fsp3) is 0.333. The molecule has 1 atom stereocenters. The van der Waals surface area contributed by atoms with E-state index in [4.69, 9.17) is 0 Å². The third kappa shape index (κ3) is 3.30. The molecule has 1 rings (SSSR count). The predicted molar refractivity (Wildman–Crippen MR) is 57.6 cm³/mol. The fourth-order valence-corrected chi connectivity index (χ4v) is 1.30. The molecule has 1 aromatic carbocycles. The molecule has 0 heterocycles. The van der Waals surface area contributed by atoms with Crippen LogP contribution in [0, 0.1) is 5.82 Å². The van der Waals surface area contributed by atoms with Crippen molar-refractivity contribution in [2.75, 3.05) is 6.54 Å². The lowest BCUT2D eigenvalue weighted by Crippen LogP contribution is -2.19. The average molecular weight is 193 g/mol. The SMILES string of the molecule is C=CCCN[C@@H](C)c1cccc(F)c1. The van der Waals surface area contributed by atoms with Crippen LogP contribution in [-0.4, -0.2) is 6.54 Å². The molecule has 0 aliphatic heterocycles. The molecule has 0 spiro atoms. The van der Waals surface area contributed by atoms with E-state index in [9.17, 15) is 4.39 Å². The second kappa shape index (κ2) is 5.55. The first-order valence-electron chi connectivity index (χ1n) is 4.84. The van der Waals surface area contributed by atoms with Gasteiger partial charge in [-0.1, -0.05) is 18.2 Å². The van der Waals surface area contributed by atoms with Gasteiger partial charge in [0.05, 0.1) is 0 Å². The molecule has 1 nitrogen and oxygen atoms in total. The normalized spacial score (nSPS) is 12.4. The lowest BCUT2D eigenvalue weighted by atomic mass is 10.1. The van der Waals surface area contributed by atoms with Crippen molar-refractivity contribution in [3.05, 3.63) is 48.3 Å². The highest BCUT2D eigenvalue weighted by atomic mass is 19.1. The topological polar surface area (TPSA) is 12.0 Å². The zero-order valence-electron chi connectivity index (χ0n) is 8.46. The van der Waals surface area contributed by atoms with Gasteiger partial charge in [-0.3, -0.25) is 0 Å². The molecule has 0 radical (unpaired) electrons. The Morgan fingerprint density at radius 2 is 2.36 bits per heavy atom. The molecule has 0 aliphatic carbocycles. The average Bonchev–Trinajstić information content (AvgIpc) is 2.18. The van der Waals surface area contributed by atoms with Crippen LogP contribution in [0.4, 0.5) is 4.39 Å². The van der Waals surface area contributed by atoms with Crippen molar-refractivity contribution in [2.24, 2.45) is 0 Å². The summed E-state index contributed by atoms with van der Waals surface area (Å²) in [6.45, 7) is 6.55. The first-order valence-corrected chi connectivity index (χ1v) is 4.84. The molecule has 0 unspecified atom stereocenters. The number of rotatable bonds is 5. The lowest BCUT2D eigenvalue weighted by Gasteiger charge is -2.13. The van der Waals surface area contributed by atoms with Crippen LogP contribution < -0.4 is 5.32 Å². The number of hydrogen-bond donors (Lipinski definition) is 1. The number of nitrogens with one attached hydrogen (secondary N) is 1. The van der Waals surface area contributed by atoms with E-state index in [1.165, 1.54) is 6.07 Å². The quantitative estimate of drug-likeness (QED) is 0.560. The van der Waals surface area contributed by atoms with Crippen molar-refractivity contribution in [1.82, 2.24) is 5.32 Å². The van der Waals surface area contributed by atoms with Gasteiger partial charge in [0.15, 0.2) is 0 Å². The van der Waals surface area contributed by atoms with Crippen molar-refractivity contribution in [1.29, 1.82) is 0 Å². The summed E-state index contributed by atoms with van der Waals surface area (Å²) in [4.78, 5) is 0. The summed E-state index contributed by atoms with van der Waals surface area (Å²) in [7, 11) is 0. The molecule has 0 bridgehead atoms. The van der Waals surface area contributed by atoms with Gasteiger partial charge >= 0.3 is 0 Å². The Labute approximate surface area is 84.6 Å². The van der Waals surface area contributed by atoms with Gasteiger partial charge in [-0.25, -0.2) is 4.39 Å². The van der Waals surface area contributed by atoms with Crippen molar-refractivity contribution in [3.8, 4) is 0 Å². The first-order chi connectivity index (χ1) is 6.74. The van der Waals surface area contributed by atoms with E-state index in [-0.39, 0.29) is 11.9 Å². The summed E-state index contributed by atoms with van der Waals surface area (Å²) in [5, 5.41) is 3.29. The van der Waals surface area contributed by atoms with E-state index in [1.54, 1.807) is 12.1 Å². The number of hydrogen-bond acceptors (Lipinski definition) is 1. The summed E-state index contributed by atoms with van der Waals surface area (Å²) in [6, 6.07) is 6.86. The number of halogens is 1. The van der Waals surface area contributed by atoms with Crippen molar-refractivity contribution in [3.63, 3.8) is 0 Å². The first kappa shape index (κ1) is 10.9. The smallest absolute Gasteiger partial charge is 0.123 e. The molecule has 0 amide bonds. The highest BCUT2D eigenvalue weighted by Crippen LogP contribution is 2.12. The highest BCUT2D eigenvalue weighted by Gasteiger charge is 2.03. The monoisotopic (exact) mass is 193 g/mol. The molecule has 2 heteroatoms. The predicted octanol–water partition coefficient (Wildman–Crippen LogP) is 3.05. The molecule has 0 aromatic heterocycles. The summed E-state index contributed by atoms with van der Waals surface area (Å²) in [5.41, 5.74) is 0.981. The Morgan fingerprint density at radius 3 is 3.00 bits per heavy atom. The molecule has 14 heavy (non-hydrogen) atoms. The van der Waals surface area contributed by atoms with Crippen molar-refractivity contribution < 1.29 is 4.39 Å². The van der Waals surface area contributed by atoms with Crippen LogP contribution in [0.3, 0.4) is 0 Å². The largest absolute Gasteiger partial charge is 0.310 e. The van der Waals surface area contributed by atoms with Crippen LogP contribution in [0.2, 0.25) is 0 Å². The lowest BCUT2D eigenvalue weighted by molar-refractivity contribution is 0.570. The Hall–Kier alpha value is -1.15. The summed E-state index contributed by atoms with van der Waals surface area (Å²) < 4.78 is 12.9. The molecule has 0 saturated heterocycles. The van der Waals surface area contributed by atoms with Crippen molar-refractivity contribution in [2.45, 2.75) is 19.4 Å². The van der Waals surface area contributed by atoms with E-state index in [0.29, 0.717) is 0 Å². The van der Waals surface area contributed by atoms with E-state index >= 15 is 0 Å². The third-order valence-electron chi connectivity index (χ3n) is 2.15. The zero-order valence-corrected chi connectivity index (χ0v) is 8.46. The molecule has 1 N–H and O–H groups in total. The van der Waals surface area contributed by atoms with Crippen LogP contribution in [0.15, 0.2) is 36.9 Å². The molecular formula is C12H16FN. The van der Waals surface area contributed by atoms with Crippen LogP contribution in [-0.2, 0) is 0 Å². The number of benzene rings is 1. The van der Waals surface area contributed by atoms with Gasteiger partial charge in [-0.15, -0.1) is 6.58 Å². The van der Waals surface area contributed by atoms with E-state index in [2.05, 4.69) is 11.9 Å². The Morgan fingerprint density at radius 1 is 1.57 bits per heavy atom. The van der Waals surface area contributed by atoms with Gasteiger partial charge in [0.25, 0.3) is 0 Å². The maximum absolute atomic E-state index is 12.9. The minimum atomic E-state index is -0.181.